The lowest BCUT2D eigenvalue weighted by atomic mass is 9.74. The molecular formula is C19H31N5O4. The summed E-state index contributed by atoms with van der Waals surface area (Å²) in [6.45, 7) is 5.68. The van der Waals surface area contributed by atoms with Crippen LogP contribution in [0, 0.1) is 0 Å². The Labute approximate surface area is 165 Å². The van der Waals surface area contributed by atoms with Crippen molar-refractivity contribution in [2.24, 2.45) is 7.05 Å². The van der Waals surface area contributed by atoms with Crippen molar-refractivity contribution in [1.29, 1.82) is 0 Å². The number of likely N-dealkylation sites (tertiary alicyclic amines) is 1. The molecule has 9 nitrogen and oxygen atoms in total. The fourth-order valence-electron chi connectivity index (χ4n) is 4.14. The minimum absolute atomic E-state index is 0.0658. The maximum atomic E-state index is 12.3. The molecule has 1 spiro atoms. The number of anilines is 1. The van der Waals surface area contributed by atoms with Crippen molar-refractivity contribution < 1.29 is 19.4 Å². The van der Waals surface area contributed by atoms with Crippen LogP contribution >= 0.6 is 0 Å². The summed E-state index contributed by atoms with van der Waals surface area (Å²) in [5.74, 6) is -0.132. The number of amides is 2. The van der Waals surface area contributed by atoms with Crippen LogP contribution in [-0.2, 0) is 21.4 Å². The van der Waals surface area contributed by atoms with Gasteiger partial charge in [-0.25, -0.2) is 0 Å². The van der Waals surface area contributed by atoms with Crippen molar-refractivity contribution in [3.8, 4) is 0 Å². The van der Waals surface area contributed by atoms with Crippen LogP contribution in [-0.4, -0.2) is 75.1 Å². The molecular weight excluding hydrogens is 362 g/mol. The molecule has 0 bridgehead atoms. The van der Waals surface area contributed by atoms with Gasteiger partial charge in [0.15, 0.2) is 0 Å². The van der Waals surface area contributed by atoms with E-state index in [9.17, 15) is 14.7 Å². The summed E-state index contributed by atoms with van der Waals surface area (Å²) in [4.78, 5) is 26.3. The van der Waals surface area contributed by atoms with Gasteiger partial charge in [-0.2, -0.15) is 5.10 Å². The summed E-state index contributed by atoms with van der Waals surface area (Å²) in [6, 6.07) is 0. The third-order valence-electron chi connectivity index (χ3n) is 5.84. The van der Waals surface area contributed by atoms with Gasteiger partial charge in [-0.3, -0.25) is 19.2 Å². The number of carbonyl (C=O) groups is 2. The van der Waals surface area contributed by atoms with Crippen LogP contribution in [0.25, 0.3) is 0 Å². The normalized spacial score (nSPS) is 27.5. The fraction of sp³-hybridized carbons (Fsp3) is 0.737. The van der Waals surface area contributed by atoms with Crippen molar-refractivity contribution in [3.05, 3.63) is 12.4 Å². The zero-order valence-electron chi connectivity index (χ0n) is 16.9. The van der Waals surface area contributed by atoms with Gasteiger partial charge in [0.1, 0.15) is 6.10 Å². The predicted octanol–water partition coefficient (Wildman–Crippen LogP) is 0.259. The summed E-state index contributed by atoms with van der Waals surface area (Å²) >= 11 is 0. The van der Waals surface area contributed by atoms with Gasteiger partial charge >= 0.3 is 0 Å². The molecule has 2 saturated heterocycles. The number of nitrogens with zero attached hydrogens (tertiary/aromatic N) is 3. The van der Waals surface area contributed by atoms with E-state index in [2.05, 4.69) is 20.6 Å². The summed E-state index contributed by atoms with van der Waals surface area (Å²) < 4.78 is 7.68. The van der Waals surface area contributed by atoms with Gasteiger partial charge in [-0.1, -0.05) is 6.92 Å². The van der Waals surface area contributed by atoms with Gasteiger partial charge in [-0.05, 0) is 19.8 Å². The molecule has 2 aliphatic heterocycles. The second kappa shape index (κ2) is 8.18. The SMILES string of the molecule is CCC(=O)N[C@]1(C)CC2(CCN(CC(=O)Nc3cnn(C)c3)CC2)OC[C@H]1O. The van der Waals surface area contributed by atoms with Crippen LogP contribution in [0.3, 0.4) is 0 Å². The largest absolute Gasteiger partial charge is 0.388 e. The Morgan fingerprint density at radius 3 is 2.68 bits per heavy atom. The molecule has 1 aromatic heterocycles. The summed E-state index contributed by atoms with van der Waals surface area (Å²) in [5.41, 5.74) is -0.371. The third-order valence-corrected chi connectivity index (χ3v) is 5.84. The standard InChI is InChI=1S/C19H31N5O4/c1-4-16(26)22-18(2)13-19(28-12-15(18)25)5-7-24(8-6-19)11-17(27)21-14-9-20-23(3)10-14/h9-10,15,25H,4-8,11-13H2,1-3H3,(H,21,27)(H,22,26)/t15-,18-/m1/s1. The van der Waals surface area contributed by atoms with E-state index in [4.69, 9.17) is 4.74 Å². The Kier molecular flexibility index (Phi) is 6.07. The maximum absolute atomic E-state index is 12.3. The van der Waals surface area contributed by atoms with Crippen LogP contribution in [0.5, 0.6) is 0 Å². The predicted molar refractivity (Wildman–Crippen MR) is 104 cm³/mol. The number of aliphatic hydroxyl groups is 1. The highest BCUT2D eigenvalue weighted by Gasteiger charge is 2.50. The molecule has 0 radical (unpaired) electrons. The summed E-state index contributed by atoms with van der Waals surface area (Å²) in [6.07, 6.45) is 5.14. The Balaban J connectivity index is 1.53. The van der Waals surface area contributed by atoms with Crippen LogP contribution in [0.15, 0.2) is 12.4 Å². The number of ether oxygens (including phenoxy) is 1. The monoisotopic (exact) mass is 393 g/mol. The Bertz CT molecular complexity index is 713. The molecule has 0 saturated carbocycles. The van der Waals surface area contributed by atoms with E-state index in [0.717, 1.165) is 25.9 Å². The van der Waals surface area contributed by atoms with Gasteiger partial charge in [0.05, 0.1) is 36.2 Å². The van der Waals surface area contributed by atoms with Crippen molar-refractivity contribution >= 4 is 17.5 Å². The smallest absolute Gasteiger partial charge is 0.238 e. The highest BCUT2D eigenvalue weighted by atomic mass is 16.5. The quantitative estimate of drug-likeness (QED) is 0.662. The fourth-order valence-corrected chi connectivity index (χ4v) is 4.14. The van der Waals surface area contributed by atoms with E-state index in [1.807, 2.05) is 6.92 Å². The summed E-state index contributed by atoms with van der Waals surface area (Å²) in [7, 11) is 1.80. The van der Waals surface area contributed by atoms with E-state index in [-0.39, 0.29) is 24.0 Å². The molecule has 156 valence electrons. The molecule has 3 rings (SSSR count). The first kappa shape index (κ1) is 20.8. The first-order valence-electron chi connectivity index (χ1n) is 9.87. The number of aryl methyl sites for hydroxylation is 1. The topological polar surface area (TPSA) is 109 Å². The van der Waals surface area contributed by atoms with Crippen LogP contribution in [0.4, 0.5) is 5.69 Å². The van der Waals surface area contributed by atoms with Gasteiger partial charge in [0, 0.05) is 39.2 Å². The number of hydrogen-bond donors (Lipinski definition) is 3. The van der Waals surface area contributed by atoms with Crippen molar-refractivity contribution in [2.45, 2.75) is 56.8 Å². The lowest BCUT2D eigenvalue weighted by Gasteiger charge is -2.52. The number of carbonyl (C=O) groups excluding carboxylic acids is 2. The number of aromatic nitrogens is 2. The molecule has 0 unspecified atom stereocenters. The first-order valence-corrected chi connectivity index (χ1v) is 9.87. The second-order valence-corrected chi connectivity index (χ2v) is 8.23. The lowest BCUT2D eigenvalue weighted by Crippen LogP contribution is -2.65. The molecule has 9 heteroatoms. The molecule has 28 heavy (non-hydrogen) atoms. The molecule has 1 aromatic rings. The Hall–Kier alpha value is -1.97. The number of piperidine rings is 1. The molecule has 2 aliphatic rings. The average molecular weight is 393 g/mol. The number of nitrogens with one attached hydrogen (secondary N) is 2. The highest BCUT2D eigenvalue weighted by Crippen LogP contribution is 2.39. The maximum Gasteiger partial charge on any atom is 0.238 e. The van der Waals surface area contributed by atoms with Crippen LogP contribution < -0.4 is 10.6 Å². The van der Waals surface area contributed by atoms with Crippen LogP contribution in [0.1, 0.15) is 39.5 Å². The molecule has 3 heterocycles. The number of aliphatic hydroxyl groups excluding tert-OH is 1. The van der Waals surface area contributed by atoms with Gasteiger partial charge in [-0.15, -0.1) is 0 Å². The summed E-state index contributed by atoms with van der Waals surface area (Å²) in [5, 5.41) is 20.3. The van der Waals surface area contributed by atoms with Gasteiger partial charge < -0.3 is 20.5 Å². The van der Waals surface area contributed by atoms with E-state index in [1.165, 1.54) is 0 Å². The lowest BCUT2D eigenvalue weighted by molar-refractivity contribution is -0.181. The second-order valence-electron chi connectivity index (χ2n) is 8.23. The molecule has 2 atom stereocenters. The molecule has 0 aromatic carbocycles. The zero-order chi connectivity index (χ0) is 20.4. The van der Waals surface area contributed by atoms with Crippen molar-refractivity contribution in [1.82, 2.24) is 20.0 Å². The van der Waals surface area contributed by atoms with E-state index in [0.29, 0.717) is 25.1 Å². The minimum atomic E-state index is -0.725. The first-order chi connectivity index (χ1) is 13.2. The van der Waals surface area contributed by atoms with Crippen LogP contribution in [0.2, 0.25) is 0 Å². The van der Waals surface area contributed by atoms with E-state index >= 15 is 0 Å². The molecule has 2 amide bonds. The molecule has 2 fully saturated rings. The van der Waals surface area contributed by atoms with Crippen molar-refractivity contribution in [3.63, 3.8) is 0 Å². The third kappa shape index (κ3) is 4.71. The Morgan fingerprint density at radius 1 is 1.36 bits per heavy atom. The number of rotatable bonds is 5. The average Bonchev–Trinajstić information content (AvgIpc) is 3.05. The molecule has 3 N–H and O–H groups in total. The van der Waals surface area contributed by atoms with E-state index in [1.54, 1.807) is 31.0 Å². The minimum Gasteiger partial charge on any atom is -0.388 e. The van der Waals surface area contributed by atoms with Gasteiger partial charge in [0.2, 0.25) is 11.8 Å². The Morgan fingerprint density at radius 2 is 2.07 bits per heavy atom. The number of hydrogen-bond acceptors (Lipinski definition) is 6. The highest BCUT2D eigenvalue weighted by molar-refractivity contribution is 5.91. The zero-order valence-corrected chi connectivity index (χ0v) is 16.9. The molecule has 0 aliphatic carbocycles. The van der Waals surface area contributed by atoms with E-state index < -0.39 is 11.6 Å². The van der Waals surface area contributed by atoms with Gasteiger partial charge in [0.25, 0.3) is 0 Å². The van der Waals surface area contributed by atoms with Crippen molar-refractivity contribution in [2.75, 3.05) is 31.6 Å².